The number of nitrogens with zero attached hydrogens (tertiary/aromatic N) is 2. The molecular formula is C15H17FN2O2S. The molecule has 2 aromatic rings. The fourth-order valence-corrected chi connectivity index (χ4v) is 3.65. The number of hydrogen-bond donors (Lipinski definition) is 0. The molecule has 2 rings (SSSR count). The fourth-order valence-electron chi connectivity index (χ4n) is 1.98. The molecule has 0 atom stereocenters. The number of benzene rings is 1. The largest absolute Gasteiger partial charge is 0.260 e. The molecule has 6 heteroatoms. The van der Waals surface area contributed by atoms with Gasteiger partial charge in [-0.3, -0.25) is 4.98 Å². The topological polar surface area (TPSA) is 50.3 Å². The smallest absolute Gasteiger partial charge is 0.246 e. The van der Waals surface area contributed by atoms with E-state index in [-0.39, 0.29) is 17.5 Å². The third-order valence-electron chi connectivity index (χ3n) is 3.04. The van der Waals surface area contributed by atoms with Gasteiger partial charge in [0.15, 0.2) is 0 Å². The molecule has 0 N–H and O–H groups in total. The summed E-state index contributed by atoms with van der Waals surface area (Å²) >= 11 is 0. The van der Waals surface area contributed by atoms with Crippen LogP contribution in [0, 0.1) is 5.82 Å². The third-order valence-corrected chi connectivity index (χ3v) is 5.10. The van der Waals surface area contributed by atoms with Gasteiger partial charge in [-0.2, -0.15) is 4.31 Å². The average Bonchev–Trinajstić information content (AvgIpc) is 2.45. The third kappa shape index (κ3) is 3.46. The minimum Gasteiger partial charge on any atom is -0.260 e. The van der Waals surface area contributed by atoms with Gasteiger partial charge in [0.05, 0.1) is 12.2 Å². The van der Waals surface area contributed by atoms with Crippen molar-refractivity contribution in [3.63, 3.8) is 0 Å². The van der Waals surface area contributed by atoms with Crippen molar-refractivity contribution >= 4 is 10.0 Å². The predicted octanol–water partition coefficient (Wildman–Crippen LogP) is 2.82. The second-order valence-corrected chi connectivity index (χ2v) is 6.75. The first kappa shape index (κ1) is 15.6. The Labute approximate surface area is 124 Å². The lowest BCUT2D eigenvalue weighted by Gasteiger charge is -2.25. The first-order valence-corrected chi connectivity index (χ1v) is 8.03. The summed E-state index contributed by atoms with van der Waals surface area (Å²) in [5, 5.41) is 0. The lowest BCUT2D eigenvalue weighted by atomic mass is 10.3. The Morgan fingerprint density at radius 1 is 1.14 bits per heavy atom. The second-order valence-electron chi connectivity index (χ2n) is 4.90. The molecule has 0 aliphatic heterocycles. The molecule has 0 aliphatic rings. The normalized spacial score (nSPS) is 12.0. The zero-order valence-electron chi connectivity index (χ0n) is 11.9. The standard InChI is InChI=1S/C15H17FN2O2S/c1-12(2)18(11-13-7-5-6-10-17-13)21(19,20)15-9-4-3-8-14(15)16/h3-10,12H,11H2,1-2H3. The van der Waals surface area contributed by atoms with E-state index in [4.69, 9.17) is 0 Å². The van der Waals surface area contributed by atoms with Crippen molar-refractivity contribution in [3.05, 3.63) is 60.2 Å². The van der Waals surface area contributed by atoms with E-state index in [9.17, 15) is 12.8 Å². The van der Waals surface area contributed by atoms with Crippen LogP contribution in [0.4, 0.5) is 4.39 Å². The zero-order chi connectivity index (χ0) is 15.5. The highest BCUT2D eigenvalue weighted by Gasteiger charge is 2.29. The molecule has 0 fully saturated rings. The fraction of sp³-hybridized carbons (Fsp3) is 0.267. The molecule has 0 unspecified atom stereocenters. The Bertz CT molecular complexity index is 703. The SMILES string of the molecule is CC(C)N(Cc1ccccn1)S(=O)(=O)c1ccccc1F. The molecule has 1 aromatic heterocycles. The van der Waals surface area contributed by atoms with Gasteiger partial charge >= 0.3 is 0 Å². The maximum Gasteiger partial charge on any atom is 0.246 e. The van der Waals surface area contributed by atoms with Gasteiger partial charge in [0.2, 0.25) is 10.0 Å². The van der Waals surface area contributed by atoms with Crippen LogP contribution in [0.25, 0.3) is 0 Å². The predicted molar refractivity (Wildman–Crippen MR) is 78.5 cm³/mol. The van der Waals surface area contributed by atoms with Gasteiger partial charge in [-0.15, -0.1) is 0 Å². The van der Waals surface area contributed by atoms with E-state index < -0.39 is 15.8 Å². The lowest BCUT2D eigenvalue weighted by Crippen LogP contribution is -2.37. The second kappa shape index (κ2) is 6.32. The minimum absolute atomic E-state index is 0.106. The highest BCUT2D eigenvalue weighted by molar-refractivity contribution is 7.89. The molecule has 0 saturated heterocycles. The Morgan fingerprint density at radius 3 is 2.38 bits per heavy atom. The Kier molecular flexibility index (Phi) is 4.69. The van der Waals surface area contributed by atoms with Crippen LogP contribution in [-0.4, -0.2) is 23.7 Å². The van der Waals surface area contributed by atoms with Crippen LogP contribution in [0.3, 0.4) is 0 Å². The quantitative estimate of drug-likeness (QED) is 0.853. The number of hydrogen-bond acceptors (Lipinski definition) is 3. The van der Waals surface area contributed by atoms with Gasteiger partial charge in [-0.05, 0) is 38.1 Å². The van der Waals surface area contributed by atoms with Crippen molar-refractivity contribution in [2.75, 3.05) is 0 Å². The summed E-state index contributed by atoms with van der Waals surface area (Å²) in [7, 11) is -3.91. The molecule has 1 aromatic carbocycles. The van der Waals surface area contributed by atoms with Gasteiger partial charge in [0, 0.05) is 12.2 Å². The van der Waals surface area contributed by atoms with Crippen molar-refractivity contribution in [1.82, 2.24) is 9.29 Å². The first-order chi connectivity index (χ1) is 9.93. The minimum atomic E-state index is -3.91. The molecule has 1 heterocycles. The Hall–Kier alpha value is -1.79. The molecular weight excluding hydrogens is 291 g/mol. The molecule has 0 amide bonds. The van der Waals surface area contributed by atoms with Gasteiger partial charge in [-0.25, -0.2) is 12.8 Å². The summed E-state index contributed by atoms with van der Waals surface area (Å²) in [5.74, 6) is -0.746. The number of pyridine rings is 1. The summed E-state index contributed by atoms with van der Waals surface area (Å²) in [4.78, 5) is 3.82. The highest BCUT2D eigenvalue weighted by Crippen LogP contribution is 2.22. The van der Waals surface area contributed by atoms with Crippen molar-refractivity contribution < 1.29 is 12.8 Å². The van der Waals surface area contributed by atoms with Crippen LogP contribution in [0.2, 0.25) is 0 Å². The van der Waals surface area contributed by atoms with Gasteiger partial charge in [0.25, 0.3) is 0 Å². The molecule has 0 spiro atoms. The van der Waals surface area contributed by atoms with Crippen molar-refractivity contribution in [3.8, 4) is 0 Å². The maximum atomic E-state index is 13.8. The van der Waals surface area contributed by atoms with Crippen LogP contribution in [0.15, 0.2) is 53.6 Å². The van der Waals surface area contributed by atoms with Crippen LogP contribution < -0.4 is 0 Å². The Morgan fingerprint density at radius 2 is 1.81 bits per heavy atom. The number of rotatable bonds is 5. The van der Waals surface area contributed by atoms with Crippen LogP contribution in [0.5, 0.6) is 0 Å². The first-order valence-electron chi connectivity index (χ1n) is 6.59. The van der Waals surface area contributed by atoms with Gasteiger partial charge in [0.1, 0.15) is 10.7 Å². The van der Waals surface area contributed by atoms with Gasteiger partial charge in [-0.1, -0.05) is 18.2 Å². The molecule has 112 valence electrons. The van der Waals surface area contributed by atoms with E-state index >= 15 is 0 Å². The number of sulfonamides is 1. The average molecular weight is 308 g/mol. The highest BCUT2D eigenvalue weighted by atomic mass is 32.2. The van der Waals surface area contributed by atoms with E-state index in [1.807, 2.05) is 0 Å². The molecule has 21 heavy (non-hydrogen) atoms. The van der Waals surface area contributed by atoms with Gasteiger partial charge < -0.3 is 0 Å². The summed E-state index contributed by atoms with van der Waals surface area (Å²) in [6.07, 6.45) is 1.60. The van der Waals surface area contributed by atoms with Crippen LogP contribution in [0.1, 0.15) is 19.5 Å². The molecule has 0 radical (unpaired) electrons. The van der Waals surface area contributed by atoms with E-state index in [0.717, 1.165) is 6.07 Å². The molecule has 4 nitrogen and oxygen atoms in total. The number of halogens is 1. The summed E-state index contributed by atoms with van der Waals surface area (Å²) in [6, 6.07) is 10.4. The van der Waals surface area contributed by atoms with E-state index in [1.165, 1.54) is 22.5 Å². The summed E-state index contributed by atoms with van der Waals surface area (Å²) in [6.45, 7) is 3.61. The van der Waals surface area contributed by atoms with Crippen molar-refractivity contribution in [1.29, 1.82) is 0 Å². The monoisotopic (exact) mass is 308 g/mol. The Balaban J connectivity index is 2.40. The van der Waals surface area contributed by atoms with Crippen LogP contribution in [-0.2, 0) is 16.6 Å². The van der Waals surface area contributed by atoms with E-state index in [2.05, 4.69) is 4.98 Å². The number of aromatic nitrogens is 1. The maximum absolute atomic E-state index is 13.8. The zero-order valence-corrected chi connectivity index (χ0v) is 12.7. The molecule has 0 bridgehead atoms. The van der Waals surface area contributed by atoms with Crippen LogP contribution >= 0.6 is 0 Å². The van der Waals surface area contributed by atoms with Crippen molar-refractivity contribution in [2.24, 2.45) is 0 Å². The van der Waals surface area contributed by atoms with E-state index in [0.29, 0.717) is 5.69 Å². The molecule has 0 saturated carbocycles. The molecule has 0 aliphatic carbocycles. The summed E-state index contributed by atoms with van der Waals surface area (Å²) < 4.78 is 40.4. The lowest BCUT2D eigenvalue weighted by molar-refractivity contribution is 0.342. The van der Waals surface area contributed by atoms with E-state index in [1.54, 1.807) is 38.2 Å². The summed E-state index contributed by atoms with van der Waals surface area (Å²) in [5.41, 5.74) is 0.617. The van der Waals surface area contributed by atoms with Crippen molar-refractivity contribution in [2.45, 2.75) is 31.3 Å².